The number of rotatable bonds is 4. The molecular formula is C10H12N8O2S. The number of tetrazole rings is 1. The molecule has 1 aliphatic carbocycles. The molecule has 0 amide bonds. The van der Waals surface area contributed by atoms with Crippen LogP contribution < -0.4 is 5.73 Å². The summed E-state index contributed by atoms with van der Waals surface area (Å²) in [5.74, 6) is -0.169. The number of nitrogens with two attached hydrogens (primary N) is 1. The van der Waals surface area contributed by atoms with Gasteiger partial charge in [-0.2, -0.15) is 0 Å². The normalized spacial score (nSPS) is 15.4. The molecule has 2 aromatic heterocycles. The van der Waals surface area contributed by atoms with Crippen molar-refractivity contribution in [3.05, 3.63) is 16.4 Å². The van der Waals surface area contributed by atoms with Crippen LogP contribution in [0.2, 0.25) is 0 Å². The Bertz CT molecular complexity index is 669. The van der Waals surface area contributed by atoms with Crippen LogP contribution in [-0.4, -0.2) is 35.1 Å². The molecule has 110 valence electrons. The number of hydrogen-bond acceptors (Lipinski definition) is 9. The molecule has 0 aromatic carbocycles. The van der Waals surface area contributed by atoms with Crippen LogP contribution in [0, 0.1) is 10.1 Å². The molecule has 0 bridgehead atoms. The Morgan fingerprint density at radius 2 is 2.14 bits per heavy atom. The Morgan fingerprint density at radius 3 is 2.86 bits per heavy atom. The van der Waals surface area contributed by atoms with Gasteiger partial charge in [-0.05, 0) is 35.0 Å². The standard InChI is InChI=1S/C10H12N8O2S/c11-8-7(18(19)20)9(13-5-12-8)21-10-14-15-16-17(10)6-3-1-2-4-6/h5-6H,1-4H2,(H2,11,12,13). The summed E-state index contributed by atoms with van der Waals surface area (Å²) in [6.07, 6.45) is 5.47. The van der Waals surface area contributed by atoms with Crippen LogP contribution in [-0.2, 0) is 0 Å². The number of hydrogen-bond donors (Lipinski definition) is 1. The number of anilines is 1. The zero-order valence-corrected chi connectivity index (χ0v) is 11.7. The average Bonchev–Trinajstić information content (AvgIpc) is 3.08. The van der Waals surface area contributed by atoms with Crippen LogP contribution >= 0.6 is 11.8 Å². The minimum Gasteiger partial charge on any atom is -0.378 e. The Hall–Kier alpha value is -2.30. The van der Waals surface area contributed by atoms with E-state index in [1.807, 2.05) is 0 Å². The van der Waals surface area contributed by atoms with Crippen LogP contribution in [0.4, 0.5) is 11.5 Å². The summed E-state index contributed by atoms with van der Waals surface area (Å²) in [5, 5.41) is 23.3. The van der Waals surface area contributed by atoms with Gasteiger partial charge in [-0.1, -0.05) is 12.8 Å². The smallest absolute Gasteiger partial charge is 0.343 e. The molecule has 0 unspecified atom stereocenters. The molecule has 2 aromatic rings. The Labute approximate surface area is 123 Å². The Balaban J connectivity index is 1.93. The SMILES string of the molecule is Nc1ncnc(Sc2nnnn2C2CCCC2)c1[N+](=O)[O-]. The quantitative estimate of drug-likeness (QED) is 0.501. The molecule has 11 heteroatoms. The molecular weight excluding hydrogens is 296 g/mol. The van der Waals surface area contributed by atoms with E-state index in [9.17, 15) is 10.1 Å². The second kappa shape index (κ2) is 5.60. The van der Waals surface area contributed by atoms with E-state index < -0.39 is 4.92 Å². The lowest BCUT2D eigenvalue weighted by Gasteiger charge is -2.10. The maximum atomic E-state index is 11.1. The van der Waals surface area contributed by atoms with Gasteiger partial charge in [0.1, 0.15) is 6.33 Å². The zero-order valence-electron chi connectivity index (χ0n) is 10.9. The zero-order chi connectivity index (χ0) is 14.8. The van der Waals surface area contributed by atoms with Crippen LogP contribution in [0.25, 0.3) is 0 Å². The summed E-state index contributed by atoms with van der Waals surface area (Å²) in [4.78, 5) is 18.1. The lowest BCUT2D eigenvalue weighted by atomic mass is 10.3. The molecule has 21 heavy (non-hydrogen) atoms. The first-order chi connectivity index (χ1) is 10.2. The van der Waals surface area contributed by atoms with Gasteiger partial charge in [0.05, 0.1) is 11.0 Å². The van der Waals surface area contributed by atoms with Gasteiger partial charge in [0, 0.05) is 0 Å². The second-order valence-electron chi connectivity index (χ2n) is 4.62. The third-order valence-electron chi connectivity index (χ3n) is 3.32. The van der Waals surface area contributed by atoms with E-state index in [1.165, 1.54) is 6.33 Å². The van der Waals surface area contributed by atoms with Gasteiger partial charge in [0.15, 0.2) is 5.03 Å². The van der Waals surface area contributed by atoms with Gasteiger partial charge >= 0.3 is 5.69 Å². The molecule has 1 aliphatic rings. The Morgan fingerprint density at radius 1 is 1.38 bits per heavy atom. The fourth-order valence-corrected chi connectivity index (χ4v) is 3.24. The van der Waals surface area contributed by atoms with E-state index in [0.717, 1.165) is 37.4 Å². The highest BCUT2D eigenvalue weighted by atomic mass is 32.2. The van der Waals surface area contributed by atoms with Crippen LogP contribution in [0.1, 0.15) is 31.7 Å². The topological polar surface area (TPSA) is 139 Å². The predicted octanol–water partition coefficient (Wildman–Crippen LogP) is 1.22. The first-order valence-electron chi connectivity index (χ1n) is 6.37. The van der Waals surface area contributed by atoms with E-state index >= 15 is 0 Å². The maximum absolute atomic E-state index is 11.1. The van der Waals surface area contributed by atoms with Gasteiger partial charge < -0.3 is 5.73 Å². The van der Waals surface area contributed by atoms with E-state index in [1.54, 1.807) is 4.68 Å². The van der Waals surface area contributed by atoms with Crippen LogP contribution in [0.3, 0.4) is 0 Å². The largest absolute Gasteiger partial charge is 0.378 e. The van der Waals surface area contributed by atoms with Gasteiger partial charge in [-0.3, -0.25) is 10.1 Å². The highest BCUT2D eigenvalue weighted by molar-refractivity contribution is 7.99. The summed E-state index contributed by atoms with van der Waals surface area (Å²) in [6, 6.07) is 0.237. The molecule has 1 fully saturated rings. The lowest BCUT2D eigenvalue weighted by molar-refractivity contribution is -0.387. The third-order valence-corrected chi connectivity index (χ3v) is 4.26. The molecule has 0 atom stereocenters. The Kier molecular flexibility index (Phi) is 3.64. The van der Waals surface area contributed by atoms with Gasteiger partial charge in [0.25, 0.3) is 0 Å². The summed E-state index contributed by atoms with van der Waals surface area (Å²) in [5.41, 5.74) is 5.23. The van der Waals surface area contributed by atoms with Crippen molar-refractivity contribution in [1.82, 2.24) is 30.2 Å². The van der Waals surface area contributed by atoms with Crippen molar-refractivity contribution >= 4 is 23.3 Å². The lowest BCUT2D eigenvalue weighted by Crippen LogP contribution is -2.09. The van der Waals surface area contributed by atoms with E-state index in [2.05, 4.69) is 25.5 Å². The van der Waals surface area contributed by atoms with Gasteiger partial charge in [-0.15, -0.1) is 5.10 Å². The minimum atomic E-state index is -0.596. The number of nitrogen functional groups attached to an aromatic ring is 1. The van der Waals surface area contributed by atoms with E-state index in [-0.39, 0.29) is 22.6 Å². The number of aromatic nitrogens is 6. The van der Waals surface area contributed by atoms with Crippen molar-refractivity contribution in [1.29, 1.82) is 0 Å². The number of nitrogens with zero attached hydrogens (tertiary/aromatic N) is 7. The maximum Gasteiger partial charge on any atom is 0.343 e. The molecule has 10 nitrogen and oxygen atoms in total. The monoisotopic (exact) mass is 308 g/mol. The van der Waals surface area contributed by atoms with Crippen molar-refractivity contribution < 1.29 is 4.92 Å². The molecule has 1 saturated carbocycles. The van der Waals surface area contributed by atoms with Crippen LogP contribution in [0.15, 0.2) is 16.5 Å². The molecule has 0 spiro atoms. The number of nitro groups is 1. The molecule has 0 aliphatic heterocycles. The van der Waals surface area contributed by atoms with Crippen molar-refractivity contribution in [2.75, 3.05) is 5.73 Å². The van der Waals surface area contributed by atoms with Gasteiger partial charge in [-0.25, -0.2) is 14.6 Å². The first kappa shape index (κ1) is 13.7. The minimum absolute atomic E-state index is 0.140. The van der Waals surface area contributed by atoms with Crippen molar-refractivity contribution in [2.24, 2.45) is 0 Å². The highest BCUT2D eigenvalue weighted by Crippen LogP contribution is 2.37. The summed E-state index contributed by atoms with van der Waals surface area (Å²) < 4.78 is 1.71. The molecule has 2 heterocycles. The van der Waals surface area contributed by atoms with Gasteiger partial charge in [0.2, 0.25) is 11.0 Å². The van der Waals surface area contributed by atoms with Crippen molar-refractivity contribution in [2.45, 2.75) is 41.9 Å². The van der Waals surface area contributed by atoms with Crippen molar-refractivity contribution in [3.63, 3.8) is 0 Å². The molecule has 0 saturated heterocycles. The molecule has 0 radical (unpaired) electrons. The van der Waals surface area contributed by atoms with E-state index in [0.29, 0.717) is 5.16 Å². The molecule has 2 N–H and O–H groups in total. The summed E-state index contributed by atoms with van der Waals surface area (Å²) >= 11 is 1.03. The van der Waals surface area contributed by atoms with Crippen LogP contribution in [0.5, 0.6) is 0 Å². The molecule has 3 rings (SSSR count). The second-order valence-corrected chi connectivity index (χ2v) is 5.57. The third kappa shape index (κ3) is 2.63. The summed E-state index contributed by atoms with van der Waals surface area (Å²) in [7, 11) is 0. The van der Waals surface area contributed by atoms with Crippen molar-refractivity contribution in [3.8, 4) is 0 Å². The fourth-order valence-electron chi connectivity index (χ4n) is 2.34. The fraction of sp³-hybridized carbons (Fsp3) is 0.500. The first-order valence-corrected chi connectivity index (χ1v) is 7.19. The summed E-state index contributed by atoms with van der Waals surface area (Å²) in [6.45, 7) is 0. The average molecular weight is 308 g/mol. The highest BCUT2D eigenvalue weighted by Gasteiger charge is 2.26. The predicted molar refractivity (Wildman–Crippen MR) is 72.5 cm³/mol. The van der Waals surface area contributed by atoms with E-state index in [4.69, 9.17) is 5.73 Å².